The number of amides is 2. The van der Waals surface area contributed by atoms with Crippen LogP contribution in [0.15, 0.2) is 54.9 Å². The summed E-state index contributed by atoms with van der Waals surface area (Å²) in [5.41, 5.74) is 1.45. The Labute approximate surface area is 117 Å². The average Bonchev–Trinajstić information content (AvgIpc) is 2.52. The van der Waals surface area contributed by atoms with Crippen LogP contribution >= 0.6 is 0 Å². The second-order valence-corrected chi connectivity index (χ2v) is 4.19. The fraction of sp³-hybridized carbons (Fsp3) is 0.133. The van der Waals surface area contributed by atoms with Gasteiger partial charge >= 0.3 is 0 Å². The van der Waals surface area contributed by atoms with Crippen molar-refractivity contribution >= 4 is 11.8 Å². The highest BCUT2D eigenvalue weighted by Crippen LogP contribution is 1.97. The number of rotatable bonds is 5. The maximum Gasteiger partial charge on any atom is 0.253 e. The molecule has 0 fully saturated rings. The van der Waals surface area contributed by atoms with Crippen molar-refractivity contribution in [2.75, 3.05) is 6.54 Å². The molecule has 5 nitrogen and oxygen atoms in total. The van der Waals surface area contributed by atoms with E-state index in [1.54, 1.807) is 18.3 Å². The summed E-state index contributed by atoms with van der Waals surface area (Å²) in [7, 11) is 0. The van der Waals surface area contributed by atoms with Gasteiger partial charge in [-0.25, -0.2) is 0 Å². The lowest BCUT2D eigenvalue weighted by Gasteiger charge is -2.07. The quantitative estimate of drug-likeness (QED) is 0.854. The molecule has 102 valence electrons. The van der Waals surface area contributed by atoms with Crippen LogP contribution in [0.5, 0.6) is 0 Å². The van der Waals surface area contributed by atoms with Crippen LogP contribution in [0.1, 0.15) is 15.9 Å². The van der Waals surface area contributed by atoms with Crippen molar-refractivity contribution in [2.24, 2.45) is 0 Å². The largest absolute Gasteiger partial charge is 0.350 e. The highest BCUT2D eigenvalue weighted by molar-refractivity contribution is 5.96. The molecule has 0 aliphatic rings. The summed E-state index contributed by atoms with van der Waals surface area (Å²) >= 11 is 0. The molecule has 1 aromatic carbocycles. The number of aromatic nitrogens is 1. The van der Waals surface area contributed by atoms with Crippen LogP contribution in [0.4, 0.5) is 0 Å². The number of hydrogen-bond acceptors (Lipinski definition) is 3. The van der Waals surface area contributed by atoms with Gasteiger partial charge in [-0.1, -0.05) is 30.3 Å². The van der Waals surface area contributed by atoms with Gasteiger partial charge in [0.05, 0.1) is 12.1 Å². The molecule has 0 radical (unpaired) electrons. The fourth-order valence-electron chi connectivity index (χ4n) is 1.62. The average molecular weight is 269 g/mol. The minimum atomic E-state index is -0.312. The van der Waals surface area contributed by atoms with Crippen LogP contribution in [0.25, 0.3) is 0 Å². The molecule has 0 spiro atoms. The smallest absolute Gasteiger partial charge is 0.253 e. The van der Waals surface area contributed by atoms with E-state index in [9.17, 15) is 9.59 Å². The highest BCUT2D eigenvalue weighted by Gasteiger charge is 2.07. The maximum absolute atomic E-state index is 11.7. The molecule has 0 saturated carbocycles. The molecule has 2 N–H and O–H groups in total. The second-order valence-electron chi connectivity index (χ2n) is 4.19. The van der Waals surface area contributed by atoms with E-state index in [1.165, 1.54) is 6.20 Å². The van der Waals surface area contributed by atoms with Crippen LogP contribution in [0, 0.1) is 0 Å². The number of carbonyl (C=O) groups excluding carboxylic acids is 2. The summed E-state index contributed by atoms with van der Waals surface area (Å²) in [6, 6.07) is 12.9. The lowest BCUT2D eigenvalue weighted by atomic mass is 10.2. The predicted octanol–water partition coefficient (Wildman–Crippen LogP) is 1.13. The summed E-state index contributed by atoms with van der Waals surface area (Å²) in [5, 5.41) is 5.28. The van der Waals surface area contributed by atoms with Gasteiger partial charge in [0.2, 0.25) is 5.91 Å². The van der Waals surface area contributed by atoms with Crippen molar-refractivity contribution in [1.82, 2.24) is 15.6 Å². The van der Waals surface area contributed by atoms with Gasteiger partial charge in [0, 0.05) is 18.9 Å². The SMILES string of the molecule is O=C(CNC(=O)c1cccnc1)NCc1ccccc1. The Kier molecular flexibility index (Phi) is 4.83. The minimum absolute atomic E-state index is 0.0550. The van der Waals surface area contributed by atoms with Crippen molar-refractivity contribution in [3.05, 3.63) is 66.0 Å². The highest BCUT2D eigenvalue weighted by atomic mass is 16.2. The van der Waals surface area contributed by atoms with E-state index in [1.807, 2.05) is 30.3 Å². The molecular formula is C15H15N3O2. The van der Waals surface area contributed by atoms with Gasteiger partial charge < -0.3 is 10.6 Å². The molecule has 0 aliphatic carbocycles. The number of pyridine rings is 1. The van der Waals surface area contributed by atoms with Crippen molar-refractivity contribution in [1.29, 1.82) is 0 Å². The standard InChI is InChI=1S/C15H15N3O2/c19-14(17-9-12-5-2-1-3-6-12)11-18-15(20)13-7-4-8-16-10-13/h1-8,10H,9,11H2,(H,17,19)(H,18,20). The Hall–Kier alpha value is -2.69. The first-order valence-corrected chi connectivity index (χ1v) is 6.24. The fourth-order valence-corrected chi connectivity index (χ4v) is 1.62. The lowest BCUT2D eigenvalue weighted by molar-refractivity contribution is -0.120. The molecule has 1 aromatic heterocycles. The first-order chi connectivity index (χ1) is 9.75. The number of benzene rings is 1. The van der Waals surface area contributed by atoms with E-state index >= 15 is 0 Å². The molecule has 2 rings (SSSR count). The van der Waals surface area contributed by atoms with Crippen LogP contribution in [0.3, 0.4) is 0 Å². The summed E-state index contributed by atoms with van der Waals surface area (Å²) in [5.74, 6) is -0.543. The minimum Gasteiger partial charge on any atom is -0.350 e. The zero-order valence-electron chi connectivity index (χ0n) is 10.9. The molecule has 5 heteroatoms. The van der Waals surface area contributed by atoms with Gasteiger partial charge in [-0.05, 0) is 17.7 Å². The van der Waals surface area contributed by atoms with Gasteiger partial charge in [-0.2, -0.15) is 0 Å². The third-order valence-electron chi connectivity index (χ3n) is 2.67. The summed E-state index contributed by atoms with van der Waals surface area (Å²) < 4.78 is 0. The molecule has 0 bridgehead atoms. The van der Waals surface area contributed by atoms with Gasteiger partial charge in [0.1, 0.15) is 0 Å². The first-order valence-electron chi connectivity index (χ1n) is 6.24. The zero-order valence-corrected chi connectivity index (χ0v) is 10.9. The van der Waals surface area contributed by atoms with Gasteiger partial charge in [-0.15, -0.1) is 0 Å². The lowest BCUT2D eigenvalue weighted by Crippen LogP contribution is -2.36. The Bertz CT molecular complexity index is 570. The van der Waals surface area contributed by atoms with E-state index in [0.29, 0.717) is 12.1 Å². The molecule has 2 aromatic rings. The van der Waals surface area contributed by atoms with Gasteiger partial charge in [-0.3, -0.25) is 14.6 Å². The number of nitrogens with zero attached hydrogens (tertiary/aromatic N) is 1. The van der Waals surface area contributed by atoms with Gasteiger partial charge in [0.15, 0.2) is 0 Å². The predicted molar refractivity (Wildman–Crippen MR) is 74.9 cm³/mol. The molecule has 1 heterocycles. The van der Waals surface area contributed by atoms with E-state index in [-0.39, 0.29) is 18.4 Å². The Morgan fingerprint density at radius 2 is 1.80 bits per heavy atom. The van der Waals surface area contributed by atoms with Gasteiger partial charge in [0.25, 0.3) is 5.91 Å². The third kappa shape index (κ3) is 4.20. The number of carbonyl (C=O) groups is 2. The molecule has 0 unspecified atom stereocenters. The Balaban J connectivity index is 1.74. The second kappa shape index (κ2) is 7.04. The van der Waals surface area contributed by atoms with Crippen molar-refractivity contribution < 1.29 is 9.59 Å². The van der Waals surface area contributed by atoms with E-state index in [2.05, 4.69) is 15.6 Å². The summed E-state index contributed by atoms with van der Waals surface area (Å²) in [6.07, 6.45) is 3.04. The molecule has 0 atom stereocenters. The summed E-state index contributed by atoms with van der Waals surface area (Å²) in [6.45, 7) is 0.392. The normalized spacial score (nSPS) is 9.80. The Morgan fingerprint density at radius 1 is 1.00 bits per heavy atom. The number of hydrogen-bond donors (Lipinski definition) is 2. The molecular weight excluding hydrogens is 254 g/mol. The monoisotopic (exact) mass is 269 g/mol. The molecule has 0 saturated heterocycles. The van der Waals surface area contributed by atoms with Crippen LogP contribution in [-0.2, 0) is 11.3 Å². The van der Waals surface area contributed by atoms with Crippen molar-refractivity contribution in [3.63, 3.8) is 0 Å². The molecule has 0 aliphatic heterocycles. The summed E-state index contributed by atoms with van der Waals surface area (Å²) in [4.78, 5) is 27.2. The molecule has 2 amide bonds. The van der Waals surface area contributed by atoms with Crippen LogP contribution in [0.2, 0.25) is 0 Å². The van der Waals surface area contributed by atoms with E-state index in [0.717, 1.165) is 5.56 Å². The third-order valence-corrected chi connectivity index (χ3v) is 2.67. The topological polar surface area (TPSA) is 71.1 Å². The van der Waals surface area contributed by atoms with E-state index in [4.69, 9.17) is 0 Å². The zero-order chi connectivity index (χ0) is 14.2. The van der Waals surface area contributed by atoms with Crippen molar-refractivity contribution in [2.45, 2.75) is 6.54 Å². The number of nitrogens with one attached hydrogen (secondary N) is 2. The first kappa shape index (κ1) is 13.7. The van der Waals surface area contributed by atoms with E-state index < -0.39 is 0 Å². The molecule has 20 heavy (non-hydrogen) atoms. The van der Waals surface area contributed by atoms with Crippen LogP contribution < -0.4 is 10.6 Å². The van der Waals surface area contributed by atoms with Crippen molar-refractivity contribution in [3.8, 4) is 0 Å². The van der Waals surface area contributed by atoms with Crippen LogP contribution in [-0.4, -0.2) is 23.3 Å². The Morgan fingerprint density at radius 3 is 2.50 bits per heavy atom. The maximum atomic E-state index is 11.7.